The van der Waals surface area contributed by atoms with Gasteiger partial charge >= 0.3 is 6.03 Å². The van der Waals surface area contributed by atoms with Gasteiger partial charge in [-0.3, -0.25) is 24.2 Å². The van der Waals surface area contributed by atoms with Crippen LogP contribution in [0.1, 0.15) is 57.6 Å². The maximum atomic E-state index is 14.0. The first kappa shape index (κ1) is 39.8. The summed E-state index contributed by atoms with van der Waals surface area (Å²) >= 11 is 6.38. The Hall–Kier alpha value is -4.97. The SMILES string of the molecule is CN(Cc1ccccc1Cl)C(=O)[C@H](CCc1ccccc1)NC(=O)[C@H](CC(=O)NCC(C)(C)C)NC(=O)N1CCC(C(=O)Nc2cccnc2)CC1. The summed E-state index contributed by atoms with van der Waals surface area (Å²) in [7, 11) is 1.65. The van der Waals surface area contributed by atoms with Gasteiger partial charge in [0.1, 0.15) is 12.1 Å². The normalized spacial score (nSPS) is 14.4. The number of nitrogens with zero attached hydrogens (tertiary/aromatic N) is 3. The lowest BCUT2D eigenvalue weighted by Gasteiger charge is -2.33. The number of likely N-dealkylation sites (tertiary alicyclic amines) is 1. The molecule has 1 aromatic heterocycles. The van der Waals surface area contributed by atoms with Gasteiger partial charge in [-0.25, -0.2) is 4.79 Å². The van der Waals surface area contributed by atoms with Crippen molar-refractivity contribution in [3.05, 3.63) is 95.3 Å². The fourth-order valence-electron chi connectivity index (χ4n) is 5.81. The number of pyridine rings is 1. The van der Waals surface area contributed by atoms with E-state index >= 15 is 0 Å². The monoisotopic (exact) mass is 731 g/mol. The van der Waals surface area contributed by atoms with Gasteiger partial charge in [0.05, 0.1) is 18.3 Å². The molecule has 2 atom stereocenters. The van der Waals surface area contributed by atoms with Gasteiger partial charge in [-0.1, -0.05) is 80.9 Å². The van der Waals surface area contributed by atoms with Crippen molar-refractivity contribution in [2.45, 2.75) is 71.5 Å². The fraction of sp³-hybridized carbons (Fsp3) is 0.436. The van der Waals surface area contributed by atoms with Crippen LogP contribution in [0.5, 0.6) is 0 Å². The number of hydrogen-bond acceptors (Lipinski definition) is 6. The van der Waals surface area contributed by atoms with Crippen LogP contribution in [0, 0.1) is 11.3 Å². The average Bonchev–Trinajstić information content (AvgIpc) is 3.13. The van der Waals surface area contributed by atoms with Crippen molar-refractivity contribution in [3.63, 3.8) is 0 Å². The molecule has 0 aliphatic carbocycles. The number of piperidine rings is 1. The average molecular weight is 732 g/mol. The number of rotatable bonds is 14. The third kappa shape index (κ3) is 12.7. The van der Waals surface area contributed by atoms with E-state index < -0.39 is 29.9 Å². The number of likely N-dealkylation sites (N-methyl/N-ethyl adjacent to an activating group) is 1. The Morgan fingerprint density at radius 3 is 2.27 bits per heavy atom. The van der Waals surface area contributed by atoms with Crippen molar-refractivity contribution in [1.82, 2.24) is 30.7 Å². The van der Waals surface area contributed by atoms with E-state index in [0.29, 0.717) is 36.5 Å². The van der Waals surface area contributed by atoms with E-state index in [-0.39, 0.29) is 55.6 Å². The van der Waals surface area contributed by atoms with Crippen LogP contribution < -0.4 is 21.3 Å². The number of aryl methyl sites for hydroxylation is 1. The molecule has 6 amide bonds. The topological polar surface area (TPSA) is 153 Å². The number of benzene rings is 2. The smallest absolute Gasteiger partial charge is 0.318 e. The second kappa shape index (κ2) is 19.0. The Kier molecular flexibility index (Phi) is 14.6. The Morgan fingerprint density at radius 2 is 1.62 bits per heavy atom. The number of carbonyl (C=O) groups excluding carboxylic acids is 5. The Bertz CT molecular complexity index is 1660. The first-order chi connectivity index (χ1) is 24.8. The number of anilines is 1. The van der Waals surface area contributed by atoms with Gasteiger partial charge in [0.15, 0.2) is 0 Å². The minimum absolute atomic E-state index is 0.147. The zero-order valence-corrected chi connectivity index (χ0v) is 31.1. The molecule has 3 aromatic rings. The highest BCUT2D eigenvalue weighted by atomic mass is 35.5. The maximum Gasteiger partial charge on any atom is 0.318 e. The van der Waals surface area contributed by atoms with Crippen LogP contribution in [0.2, 0.25) is 5.02 Å². The Labute approximate surface area is 311 Å². The molecule has 1 aliphatic heterocycles. The van der Waals surface area contributed by atoms with E-state index in [2.05, 4.69) is 26.3 Å². The highest BCUT2D eigenvalue weighted by molar-refractivity contribution is 6.31. The molecule has 2 aromatic carbocycles. The van der Waals surface area contributed by atoms with Crippen molar-refractivity contribution in [1.29, 1.82) is 0 Å². The van der Waals surface area contributed by atoms with Gasteiger partial charge in [-0.15, -0.1) is 0 Å². The van der Waals surface area contributed by atoms with Crippen LogP contribution in [-0.4, -0.2) is 83.2 Å². The number of halogens is 1. The van der Waals surface area contributed by atoms with Crippen LogP contribution in [0.25, 0.3) is 0 Å². The van der Waals surface area contributed by atoms with Gasteiger partial charge < -0.3 is 31.1 Å². The van der Waals surface area contributed by atoms with Gasteiger partial charge in [-0.05, 0) is 60.4 Å². The van der Waals surface area contributed by atoms with Crippen LogP contribution in [0.4, 0.5) is 10.5 Å². The van der Waals surface area contributed by atoms with Crippen molar-refractivity contribution < 1.29 is 24.0 Å². The van der Waals surface area contributed by atoms with Gasteiger partial charge in [0.2, 0.25) is 23.6 Å². The minimum Gasteiger partial charge on any atom is -0.355 e. The molecule has 278 valence electrons. The highest BCUT2D eigenvalue weighted by Gasteiger charge is 2.33. The summed E-state index contributed by atoms with van der Waals surface area (Å²) in [5, 5.41) is 11.9. The number of nitrogens with one attached hydrogen (secondary N) is 4. The van der Waals surface area contributed by atoms with E-state index in [9.17, 15) is 24.0 Å². The number of hydrogen-bond donors (Lipinski definition) is 4. The lowest BCUT2D eigenvalue weighted by molar-refractivity contribution is -0.136. The number of carbonyl (C=O) groups is 5. The molecule has 0 radical (unpaired) electrons. The van der Waals surface area contributed by atoms with Crippen molar-refractivity contribution in [2.24, 2.45) is 11.3 Å². The summed E-state index contributed by atoms with van der Waals surface area (Å²) in [6.45, 7) is 7.08. The van der Waals surface area contributed by atoms with Crippen LogP contribution in [0.3, 0.4) is 0 Å². The third-order valence-corrected chi connectivity index (χ3v) is 9.19. The second-order valence-electron chi connectivity index (χ2n) is 14.4. The van der Waals surface area contributed by atoms with Crippen molar-refractivity contribution >= 4 is 46.9 Å². The summed E-state index contributed by atoms with van der Waals surface area (Å²) in [6, 6.07) is 17.6. The van der Waals surface area contributed by atoms with E-state index in [1.165, 1.54) is 9.80 Å². The van der Waals surface area contributed by atoms with E-state index in [0.717, 1.165) is 11.1 Å². The summed E-state index contributed by atoms with van der Waals surface area (Å²) in [5.74, 6) is -1.85. The van der Waals surface area contributed by atoms with Crippen LogP contribution in [-0.2, 0) is 32.1 Å². The maximum absolute atomic E-state index is 14.0. The van der Waals surface area contributed by atoms with Crippen molar-refractivity contribution in [2.75, 3.05) is 32.0 Å². The predicted octanol–water partition coefficient (Wildman–Crippen LogP) is 4.79. The molecule has 12 nitrogen and oxygen atoms in total. The van der Waals surface area contributed by atoms with Crippen molar-refractivity contribution in [3.8, 4) is 0 Å². The standard InChI is InChI=1S/C39H50ClN7O5/c1-39(2,3)26-42-34(48)23-33(45-38(52)47-21-18-28(19-22-47)35(49)43-30-14-10-20-41-24-30)36(50)44-32(17-16-27-11-6-5-7-12-27)37(51)46(4)25-29-13-8-9-15-31(29)40/h5-15,20,24,28,32-33H,16-19,21-23,25-26H2,1-4H3,(H,42,48)(H,43,49)(H,44,50)(H,45,52)/t32-,33-/m0/s1. The molecule has 0 bridgehead atoms. The Balaban J connectivity index is 1.46. The van der Waals surface area contributed by atoms with Crippen LogP contribution in [0.15, 0.2) is 79.1 Å². The molecule has 4 N–H and O–H groups in total. The number of aromatic nitrogens is 1. The number of urea groups is 1. The first-order valence-electron chi connectivity index (χ1n) is 17.6. The molecule has 0 saturated carbocycles. The molecule has 1 fully saturated rings. The molecule has 0 spiro atoms. The lowest BCUT2D eigenvalue weighted by atomic mass is 9.96. The minimum atomic E-state index is -1.26. The second-order valence-corrected chi connectivity index (χ2v) is 14.8. The van der Waals surface area contributed by atoms with Crippen LogP contribution >= 0.6 is 11.6 Å². The predicted molar refractivity (Wildman–Crippen MR) is 201 cm³/mol. The zero-order chi connectivity index (χ0) is 37.7. The molecule has 2 heterocycles. The summed E-state index contributed by atoms with van der Waals surface area (Å²) < 4.78 is 0. The molecule has 13 heteroatoms. The Morgan fingerprint density at radius 1 is 0.923 bits per heavy atom. The molecule has 1 saturated heterocycles. The summed E-state index contributed by atoms with van der Waals surface area (Å²) in [5.41, 5.74) is 2.15. The third-order valence-electron chi connectivity index (χ3n) is 8.82. The summed E-state index contributed by atoms with van der Waals surface area (Å²) in [4.78, 5) is 74.5. The molecule has 52 heavy (non-hydrogen) atoms. The van der Waals surface area contributed by atoms with Gasteiger partial charge in [0.25, 0.3) is 0 Å². The van der Waals surface area contributed by atoms with E-state index in [1.54, 1.807) is 37.6 Å². The summed E-state index contributed by atoms with van der Waals surface area (Å²) in [6.07, 6.45) is 4.51. The quantitative estimate of drug-likeness (QED) is 0.187. The molecular weight excluding hydrogens is 682 g/mol. The van der Waals surface area contributed by atoms with Gasteiger partial charge in [0, 0.05) is 50.4 Å². The molecule has 1 aliphatic rings. The highest BCUT2D eigenvalue weighted by Crippen LogP contribution is 2.21. The van der Waals surface area contributed by atoms with E-state index in [4.69, 9.17) is 11.6 Å². The molecular formula is C39H50ClN7O5. The molecule has 0 unspecified atom stereocenters. The van der Waals surface area contributed by atoms with Gasteiger partial charge in [-0.2, -0.15) is 0 Å². The lowest BCUT2D eigenvalue weighted by Crippen LogP contribution is -2.57. The molecule has 4 rings (SSSR count). The number of amides is 6. The van der Waals surface area contributed by atoms with E-state index in [1.807, 2.05) is 69.3 Å². The fourth-order valence-corrected chi connectivity index (χ4v) is 6.00. The zero-order valence-electron chi connectivity index (χ0n) is 30.4. The largest absolute Gasteiger partial charge is 0.355 e. The first-order valence-corrected chi connectivity index (χ1v) is 18.0.